The molecular formula is C30H35F3N6O4Si. The number of anilines is 1. The molecular weight excluding hydrogens is 593 g/mol. The van der Waals surface area contributed by atoms with Crippen molar-refractivity contribution in [1.82, 2.24) is 19.7 Å². The molecule has 1 N–H and O–H groups in total. The van der Waals surface area contributed by atoms with Crippen molar-refractivity contribution < 1.29 is 31.8 Å². The van der Waals surface area contributed by atoms with Crippen LogP contribution in [0.2, 0.25) is 25.7 Å². The van der Waals surface area contributed by atoms with E-state index in [0.29, 0.717) is 36.3 Å². The predicted molar refractivity (Wildman–Crippen MR) is 159 cm³/mol. The summed E-state index contributed by atoms with van der Waals surface area (Å²) in [6, 6.07) is 9.00. The normalized spacial score (nSPS) is 14.7. The number of alkyl halides is 3. The molecule has 0 aliphatic carbocycles. The first-order valence-electron chi connectivity index (χ1n) is 14.2. The lowest BCUT2D eigenvalue weighted by Crippen LogP contribution is -2.49. The second-order valence-electron chi connectivity index (χ2n) is 12.0. The highest BCUT2D eigenvalue weighted by atomic mass is 28.3. The number of nitrogens with zero attached hydrogens (tertiary/aromatic N) is 5. The zero-order valence-corrected chi connectivity index (χ0v) is 26.6. The van der Waals surface area contributed by atoms with E-state index in [1.54, 1.807) is 19.1 Å². The quantitative estimate of drug-likeness (QED) is 0.152. The van der Waals surface area contributed by atoms with Gasteiger partial charge in [0.2, 0.25) is 11.8 Å². The van der Waals surface area contributed by atoms with Crippen LogP contribution in [0, 0.1) is 25.2 Å². The highest BCUT2D eigenvalue weighted by Crippen LogP contribution is 2.54. The zero-order chi connectivity index (χ0) is 31.9. The van der Waals surface area contributed by atoms with Crippen molar-refractivity contribution in [2.45, 2.75) is 71.1 Å². The standard InChI is InChI=1S/C30H35F3N6O4Si/c1-18-13-24(40-3)26(21-9-10-35-27(18)21)29(30(31,32)33,42-16-25-38-37-19(2)43-25)28-36-22-14-20(15-34)7-8-23(22)39(28)17-41-11-12-44(4,5)6/h7-8,13-14,35H,9-12,16-17H2,1-6H3. The first-order chi connectivity index (χ1) is 20.8. The molecule has 2 aromatic heterocycles. The molecule has 0 saturated carbocycles. The summed E-state index contributed by atoms with van der Waals surface area (Å²) in [5.74, 6) is -0.403. The fourth-order valence-corrected chi connectivity index (χ4v) is 6.26. The minimum Gasteiger partial charge on any atom is -0.496 e. The lowest BCUT2D eigenvalue weighted by atomic mass is 9.84. The van der Waals surface area contributed by atoms with Gasteiger partial charge in [0, 0.05) is 39.4 Å². The molecule has 14 heteroatoms. The largest absolute Gasteiger partial charge is 0.496 e. The van der Waals surface area contributed by atoms with E-state index < -0.39 is 32.3 Å². The van der Waals surface area contributed by atoms with Gasteiger partial charge in [-0.05, 0) is 54.8 Å². The maximum Gasteiger partial charge on any atom is 0.429 e. The van der Waals surface area contributed by atoms with Gasteiger partial charge in [-0.1, -0.05) is 19.6 Å². The number of aryl methyl sites for hydroxylation is 2. The van der Waals surface area contributed by atoms with E-state index in [4.69, 9.17) is 18.6 Å². The van der Waals surface area contributed by atoms with E-state index >= 15 is 13.2 Å². The van der Waals surface area contributed by atoms with Crippen LogP contribution in [0.3, 0.4) is 0 Å². The van der Waals surface area contributed by atoms with Crippen molar-refractivity contribution in [2.75, 3.05) is 25.6 Å². The Morgan fingerprint density at radius 1 is 1.16 bits per heavy atom. The van der Waals surface area contributed by atoms with Gasteiger partial charge in [-0.25, -0.2) is 4.98 Å². The van der Waals surface area contributed by atoms with E-state index in [0.717, 1.165) is 11.6 Å². The van der Waals surface area contributed by atoms with Gasteiger partial charge in [-0.3, -0.25) is 0 Å². The van der Waals surface area contributed by atoms with Gasteiger partial charge < -0.3 is 28.5 Å². The Labute approximate surface area is 254 Å². The van der Waals surface area contributed by atoms with Crippen molar-refractivity contribution >= 4 is 24.8 Å². The minimum atomic E-state index is -5.07. The first-order valence-corrected chi connectivity index (χ1v) is 17.9. The van der Waals surface area contributed by atoms with Crippen LogP contribution in [0.15, 0.2) is 28.7 Å². The third kappa shape index (κ3) is 5.79. The van der Waals surface area contributed by atoms with Gasteiger partial charge in [-0.2, -0.15) is 18.4 Å². The Hall–Kier alpha value is -3.93. The Balaban J connectivity index is 1.81. The van der Waals surface area contributed by atoms with E-state index in [9.17, 15) is 5.26 Å². The van der Waals surface area contributed by atoms with Crippen LogP contribution < -0.4 is 10.1 Å². The Kier molecular flexibility index (Phi) is 8.49. The number of rotatable bonds is 11. The summed E-state index contributed by atoms with van der Waals surface area (Å²) in [6.45, 7) is 9.84. The highest BCUT2D eigenvalue weighted by Gasteiger charge is 2.64. The number of hydrogen-bond donors (Lipinski definition) is 1. The maximum atomic E-state index is 16.1. The van der Waals surface area contributed by atoms with Gasteiger partial charge in [0.05, 0.1) is 29.8 Å². The number of methoxy groups -OCH3 is 1. The van der Waals surface area contributed by atoms with Crippen molar-refractivity contribution in [3.05, 3.63) is 64.1 Å². The molecule has 1 aliphatic heterocycles. The van der Waals surface area contributed by atoms with Crippen molar-refractivity contribution in [2.24, 2.45) is 0 Å². The topological polar surface area (TPSA) is 120 Å². The summed E-state index contributed by atoms with van der Waals surface area (Å²) in [6.07, 6.45) is -4.77. The van der Waals surface area contributed by atoms with E-state index in [2.05, 4.69) is 40.1 Å². The van der Waals surface area contributed by atoms with E-state index in [1.807, 2.05) is 13.0 Å². The van der Waals surface area contributed by atoms with Gasteiger partial charge in [0.1, 0.15) is 19.1 Å². The van der Waals surface area contributed by atoms with Crippen LogP contribution in [0.25, 0.3) is 11.0 Å². The number of nitrogens with one attached hydrogen (secondary N) is 1. The number of ether oxygens (including phenoxy) is 3. The molecule has 44 heavy (non-hydrogen) atoms. The Morgan fingerprint density at radius 3 is 2.57 bits per heavy atom. The third-order valence-electron chi connectivity index (χ3n) is 7.63. The molecule has 0 bridgehead atoms. The molecule has 1 unspecified atom stereocenters. The third-order valence-corrected chi connectivity index (χ3v) is 9.33. The summed E-state index contributed by atoms with van der Waals surface area (Å²) in [4.78, 5) is 4.56. The number of halogens is 3. The van der Waals surface area contributed by atoms with Crippen LogP contribution in [0.1, 0.15) is 39.9 Å². The average molecular weight is 629 g/mol. The molecule has 0 saturated heterocycles. The fraction of sp³-hybridized carbons (Fsp3) is 0.467. The summed E-state index contributed by atoms with van der Waals surface area (Å²) < 4.78 is 72.9. The van der Waals surface area contributed by atoms with Crippen molar-refractivity contribution in [1.29, 1.82) is 5.26 Å². The second kappa shape index (κ2) is 11.9. The zero-order valence-electron chi connectivity index (χ0n) is 25.6. The maximum absolute atomic E-state index is 16.1. The molecule has 234 valence electrons. The monoisotopic (exact) mass is 628 g/mol. The number of fused-ring (bicyclic) bond motifs is 2. The molecule has 0 fully saturated rings. The summed E-state index contributed by atoms with van der Waals surface area (Å²) >= 11 is 0. The number of nitriles is 1. The molecule has 5 rings (SSSR count). The van der Waals surface area contributed by atoms with Gasteiger partial charge in [-0.15, -0.1) is 10.2 Å². The second-order valence-corrected chi connectivity index (χ2v) is 17.6. The van der Waals surface area contributed by atoms with E-state index in [-0.39, 0.29) is 40.9 Å². The lowest BCUT2D eigenvalue weighted by molar-refractivity contribution is -0.276. The SMILES string of the molecule is COc1cc(C)c2c(c1C(OCc1nnc(C)o1)(c1nc3cc(C#N)ccc3n1COCC[Si](C)(C)C)C(F)(F)F)CCN2. The van der Waals surface area contributed by atoms with Gasteiger partial charge >= 0.3 is 6.18 Å². The molecule has 0 radical (unpaired) electrons. The lowest BCUT2D eigenvalue weighted by Gasteiger charge is -2.37. The molecule has 3 heterocycles. The van der Waals surface area contributed by atoms with Crippen LogP contribution in [0.5, 0.6) is 5.75 Å². The fourth-order valence-electron chi connectivity index (χ4n) is 5.51. The first kappa shape index (κ1) is 31.5. The summed E-state index contributed by atoms with van der Waals surface area (Å²) in [5.41, 5.74) is -0.829. The molecule has 0 spiro atoms. The molecule has 0 amide bonds. The number of hydrogen-bond acceptors (Lipinski definition) is 9. The average Bonchev–Trinajstić information content (AvgIpc) is 3.69. The van der Waals surface area contributed by atoms with Crippen molar-refractivity contribution in [3.63, 3.8) is 0 Å². The van der Waals surface area contributed by atoms with Crippen LogP contribution in [-0.2, 0) is 34.8 Å². The van der Waals surface area contributed by atoms with Gasteiger partial charge in [0.25, 0.3) is 5.60 Å². The number of imidazole rings is 1. The van der Waals surface area contributed by atoms with Gasteiger partial charge in [0.15, 0.2) is 5.82 Å². The summed E-state index contributed by atoms with van der Waals surface area (Å²) in [7, 11) is -0.163. The van der Waals surface area contributed by atoms with Crippen LogP contribution in [-0.4, -0.2) is 54.3 Å². The molecule has 1 atom stereocenters. The molecule has 1 aliphatic rings. The highest BCUT2D eigenvalue weighted by molar-refractivity contribution is 6.76. The van der Waals surface area contributed by atoms with Crippen LogP contribution in [0.4, 0.5) is 18.9 Å². The minimum absolute atomic E-state index is 0.0000411. The molecule has 2 aromatic carbocycles. The van der Waals surface area contributed by atoms with Crippen molar-refractivity contribution in [3.8, 4) is 11.8 Å². The van der Waals surface area contributed by atoms with Crippen LogP contribution >= 0.6 is 0 Å². The number of aromatic nitrogens is 4. The summed E-state index contributed by atoms with van der Waals surface area (Å²) in [5, 5.41) is 20.4. The molecule has 10 nitrogen and oxygen atoms in total. The predicted octanol–water partition coefficient (Wildman–Crippen LogP) is 6.22. The molecule has 4 aromatic rings. The Bertz CT molecular complexity index is 1720. The van der Waals surface area contributed by atoms with E-state index in [1.165, 1.54) is 23.8 Å². The number of benzene rings is 2. The smallest absolute Gasteiger partial charge is 0.429 e. The Morgan fingerprint density at radius 2 is 1.93 bits per heavy atom.